The number of hydrogen-bond donors (Lipinski definition) is 2. The predicted octanol–water partition coefficient (Wildman–Crippen LogP) is 3.35. The number of esters is 1. The number of carbonyl (C=O) groups excluding carboxylic acids is 3. The lowest BCUT2D eigenvalue weighted by Crippen LogP contribution is -2.49. The van der Waals surface area contributed by atoms with Crippen molar-refractivity contribution in [2.24, 2.45) is 11.8 Å². The fourth-order valence-electron chi connectivity index (χ4n) is 5.81. The van der Waals surface area contributed by atoms with Crippen molar-refractivity contribution in [2.75, 3.05) is 52.1 Å². The molecule has 224 valence electrons. The number of halogens is 1. The minimum absolute atomic E-state index is 0.0515. The summed E-state index contributed by atoms with van der Waals surface area (Å²) in [6.45, 7) is 5.06. The van der Waals surface area contributed by atoms with Crippen LogP contribution in [0.1, 0.15) is 44.1 Å². The Morgan fingerprint density at radius 3 is 2.10 bits per heavy atom. The molecule has 4 rings (SSSR count). The molecule has 0 radical (unpaired) electrons. The van der Waals surface area contributed by atoms with Crippen LogP contribution in [0.2, 0.25) is 0 Å². The molecule has 1 aromatic rings. The van der Waals surface area contributed by atoms with Gasteiger partial charge in [0.2, 0.25) is 11.8 Å². The molecule has 0 aliphatic carbocycles. The molecule has 12 heteroatoms. The van der Waals surface area contributed by atoms with E-state index in [1.807, 2.05) is 21.9 Å². The van der Waals surface area contributed by atoms with Crippen LogP contribution in [0.3, 0.4) is 0 Å². The maximum Gasteiger partial charge on any atom is 0.334 e. The molecule has 3 aliphatic heterocycles. The van der Waals surface area contributed by atoms with Gasteiger partial charge in [-0.3, -0.25) is 14.5 Å². The topological polar surface area (TPSA) is 118 Å². The van der Waals surface area contributed by atoms with Gasteiger partial charge in [-0.05, 0) is 77.8 Å². The molecule has 0 atom stereocenters. The van der Waals surface area contributed by atoms with Crippen LogP contribution in [-0.2, 0) is 30.4 Å². The van der Waals surface area contributed by atoms with Crippen molar-refractivity contribution >= 4 is 52.2 Å². The van der Waals surface area contributed by atoms with E-state index < -0.39 is 5.97 Å². The number of hydrogen-bond acceptors (Lipinski definition) is 9. The molecule has 0 spiro atoms. The lowest BCUT2D eigenvalue weighted by molar-refractivity contribution is -0.144. The number of piperidine rings is 3. The van der Waals surface area contributed by atoms with Gasteiger partial charge < -0.3 is 25.0 Å². The fourth-order valence-corrected chi connectivity index (χ4v) is 6.15. The van der Waals surface area contributed by atoms with Gasteiger partial charge in [-0.15, -0.1) is 0 Å². The van der Waals surface area contributed by atoms with Crippen molar-refractivity contribution in [3.8, 4) is 0 Å². The van der Waals surface area contributed by atoms with Gasteiger partial charge in [0.1, 0.15) is 17.7 Å². The first kappa shape index (κ1) is 31.4. The minimum Gasteiger partial charge on any atom is -0.489 e. The van der Waals surface area contributed by atoms with Gasteiger partial charge in [-0.25, -0.2) is 9.78 Å². The van der Waals surface area contributed by atoms with Crippen molar-refractivity contribution < 1.29 is 23.9 Å². The third-order valence-corrected chi connectivity index (χ3v) is 9.42. The largest absolute Gasteiger partial charge is 0.489 e. The quantitative estimate of drug-likeness (QED) is 0.145. The highest BCUT2D eigenvalue weighted by atomic mass is 79.9. The monoisotopic (exact) mass is 649 g/mol. The van der Waals surface area contributed by atoms with Gasteiger partial charge in [0, 0.05) is 63.6 Å². The summed E-state index contributed by atoms with van der Waals surface area (Å²) in [5, 5.41) is 1.51. The third-order valence-electron chi connectivity index (χ3n) is 8.19. The zero-order chi connectivity index (χ0) is 29.4. The highest BCUT2D eigenvalue weighted by Gasteiger charge is 2.35. The first-order chi connectivity index (χ1) is 19.8. The van der Waals surface area contributed by atoms with E-state index >= 15 is 0 Å². The van der Waals surface area contributed by atoms with Crippen LogP contribution in [0.15, 0.2) is 40.1 Å². The van der Waals surface area contributed by atoms with Crippen molar-refractivity contribution in [2.45, 2.75) is 51.2 Å². The molecule has 2 N–H and O–H groups in total. The molecule has 2 amide bonds. The van der Waals surface area contributed by atoms with Gasteiger partial charge in [0.05, 0.1) is 17.7 Å². The molecule has 0 bridgehead atoms. The van der Waals surface area contributed by atoms with Crippen LogP contribution in [-0.4, -0.2) is 89.9 Å². The Kier molecular flexibility index (Phi) is 11.5. The number of likely N-dealkylation sites (tertiary alicyclic amines) is 3. The molecular weight excluding hydrogens is 610 g/mol. The number of nitrogens with zero attached hydrogens (tertiary/aromatic N) is 4. The first-order valence-corrected chi connectivity index (χ1v) is 15.5. The zero-order valence-corrected chi connectivity index (χ0v) is 26.0. The minimum atomic E-state index is -0.512. The maximum atomic E-state index is 13.3. The van der Waals surface area contributed by atoms with E-state index in [4.69, 9.17) is 15.2 Å². The van der Waals surface area contributed by atoms with Crippen LogP contribution in [0.5, 0.6) is 0 Å². The number of aromatic nitrogens is 1. The average molecular weight is 651 g/mol. The Labute approximate surface area is 255 Å². The molecule has 4 heterocycles. The number of nitrogens with two attached hydrogens (primary N) is 1. The summed E-state index contributed by atoms with van der Waals surface area (Å²) >= 11 is 7.48. The van der Waals surface area contributed by atoms with E-state index in [0.29, 0.717) is 67.9 Å². The molecular formula is C29H40BrN5O5S. The highest BCUT2D eigenvalue weighted by Crippen LogP contribution is 2.28. The summed E-state index contributed by atoms with van der Waals surface area (Å²) in [5.74, 6) is 0.779. The number of amides is 2. The van der Waals surface area contributed by atoms with Crippen molar-refractivity contribution in [1.29, 1.82) is 0 Å². The molecule has 3 saturated heterocycles. The lowest BCUT2D eigenvalue weighted by Gasteiger charge is -2.39. The number of nitrogen functional groups attached to an aromatic ring is 1. The molecule has 0 saturated carbocycles. The average Bonchev–Trinajstić information content (AvgIpc) is 3.00. The summed E-state index contributed by atoms with van der Waals surface area (Å²) in [6, 6.07) is 3.89. The van der Waals surface area contributed by atoms with Gasteiger partial charge in [-0.2, -0.15) is 12.6 Å². The van der Waals surface area contributed by atoms with Gasteiger partial charge >= 0.3 is 5.97 Å². The third kappa shape index (κ3) is 8.71. The van der Waals surface area contributed by atoms with Crippen molar-refractivity contribution in [3.05, 3.63) is 45.6 Å². The second-order valence-corrected chi connectivity index (χ2v) is 12.0. The summed E-state index contributed by atoms with van der Waals surface area (Å²) in [6.07, 6.45) is 7.35. The SMILES string of the molecule is COC(=O)/C=C(OC1CCN(C(=O)C2CCN(C(=O)C3CCN(Cc4ccnc(N)c4)CC3)CC2)CC1)/C(Br)=C\S. The van der Waals surface area contributed by atoms with Crippen LogP contribution < -0.4 is 5.73 Å². The first-order valence-electron chi connectivity index (χ1n) is 14.2. The Morgan fingerprint density at radius 1 is 1.00 bits per heavy atom. The van der Waals surface area contributed by atoms with Gasteiger partial charge in [-0.1, -0.05) is 0 Å². The number of allylic oxidation sites excluding steroid dienone is 1. The van der Waals surface area contributed by atoms with Crippen LogP contribution in [0, 0.1) is 11.8 Å². The van der Waals surface area contributed by atoms with Crippen LogP contribution in [0.25, 0.3) is 0 Å². The number of pyridine rings is 1. The van der Waals surface area contributed by atoms with E-state index in [0.717, 1.165) is 38.0 Å². The number of anilines is 1. The second kappa shape index (κ2) is 15.1. The summed E-state index contributed by atoms with van der Waals surface area (Å²) in [4.78, 5) is 48.5. The standard InChI is InChI=1S/C29H40BrN5O5S/c1-39-27(36)17-25(24(30)19-41)40-23-7-14-35(15-8-23)29(38)22-5-12-34(13-6-22)28(37)21-3-10-33(11-4-21)18-20-2-9-32-26(31)16-20/h2,9,16-17,19,21-23,41H,3-8,10-15,18H2,1H3,(H2,31,32)/b24-19+,25-17-. The molecule has 41 heavy (non-hydrogen) atoms. The van der Waals surface area contributed by atoms with Gasteiger partial charge in [0.15, 0.2) is 0 Å². The van der Waals surface area contributed by atoms with Crippen molar-refractivity contribution in [1.82, 2.24) is 19.7 Å². The summed E-state index contributed by atoms with van der Waals surface area (Å²) < 4.78 is 11.3. The predicted molar refractivity (Wildman–Crippen MR) is 163 cm³/mol. The van der Waals surface area contributed by atoms with Crippen LogP contribution in [0.4, 0.5) is 5.82 Å². The number of carbonyl (C=O) groups is 3. The Balaban J connectivity index is 1.18. The number of rotatable bonds is 8. The molecule has 0 aromatic carbocycles. The maximum absolute atomic E-state index is 13.3. The van der Waals surface area contributed by atoms with Crippen LogP contribution >= 0.6 is 28.6 Å². The lowest BCUT2D eigenvalue weighted by atomic mass is 9.91. The van der Waals surface area contributed by atoms with E-state index in [1.54, 1.807) is 6.20 Å². The summed E-state index contributed by atoms with van der Waals surface area (Å²) in [7, 11) is 1.31. The van der Waals surface area contributed by atoms with E-state index in [2.05, 4.69) is 38.4 Å². The second-order valence-electron chi connectivity index (χ2n) is 10.9. The number of ether oxygens (including phenoxy) is 2. The Morgan fingerprint density at radius 2 is 1.56 bits per heavy atom. The molecule has 3 fully saturated rings. The molecule has 3 aliphatic rings. The molecule has 1 aromatic heterocycles. The molecule has 0 unspecified atom stereocenters. The molecule has 10 nitrogen and oxygen atoms in total. The summed E-state index contributed by atoms with van der Waals surface area (Å²) in [5.41, 5.74) is 6.95. The van der Waals surface area contributed by atoms with E-state index in [9.17, 15) is 14.4 Å². The normalized spacial score (nSPS) is 20.7. The number of thiol groups is 1. The smallest absolute Gasteiger partial charge is 0.334 e. The Hall–Kier alpha value is -2.57. The zero-order valence-electron chi connectivity index (χ0n) is 23.5. The van der Waals surface area contributed by atoms with E-state index in [-0.39, 0.29) is 29.8 Å². The van der Waals surface area contributed by atoms with Gasteiger partial charge in [0.25, 0.3) is 0 Å². The fraction of sp³-hybridized carbons (Fsp3) is 0.586. The van der Waals surface area contributed by atoms with E-state index in [1.165, 1.54) is 18.6 Å². The number of methoxy groups -OCH3 is 1. The highest BCUT2D eigenvalue weighted by molar-refractivity contribution is 9.12. The Bertz CT molecular complexity index is 1140. The van der Waals surface area contributed by atoms with Crippen molar-refractivity contribution in [3.63, 3.8) is 0 Å².